The molecule has 0 aromatic heterocycles. The number of amides is 1. The van der Waals surface area contributed by atoms with Crippen LogP contribution in [0.4, 0.5) is 11.4 Å². The van der Waals surface area contributed by atoms with Gasteiger partial charge in [-0.3, -0.25) is 4.79 Å². The Morgan fingerprint density at radius 2 is 1.93 bits per heavy atom. The molecule has 0 atom stereocenters. The van der Waals surface area contributed by atoms with Crippen molar-refractivity contribution in [3.63, 3.8) is 0 Å². The molecule has 0 spiro atoms. The molecule has 2 aromatic carbocycles. The van der Waals surface area contributed by atoms with Crippen LogP contribution in [0.15, 0.2) is 35.2 Å². The molecule has 1 heterocycles. The Morgan fingerprint density at radius 1 is 1.21 bits per heavy atom. The first kappa shape index (κ1) is 19.3. The summed E-state index contributed by atoms with van der Waals surface area (Å²) in [5, 5.41) is 4.02. The van der Waals surface area contributed by atoms with Gasteiger partial charge < -0.3 is 10.2 Å². The normalized spacial score (nSPS) is 24.8. The van der Waals surface area contributed by atoms with E-state index in [9.17, 15) is 4.79 Å². The molecule has 29 heavy (non-hydrogen) atoms. The van der Waals surface area contributed by atoms with E-state index in [1.54, 1.807) is 0 Å². The summed E-state index contributed by atoms with van der Waals surface area (Å²) in [4.78, 5) is 16.3. The molecule has 1 amide bonds. The summed E-state index contributed by atoms with van der Waals surface area (Å²) in [6.45, 7) is 6.08. The Labute approximate surface area is 182 Å². The zero-order valence-electron chi connectivity index (χ0n) is 17.1. The average molecular weight is 427 g/mol. The summed E-state index contributed by atoms with van der Waals surface area (Å²) < 4.78 is 0. The molecule has 0 unspecified atom stereocenters. The number of halogens is 1. The van der Waals surface area contributed by atoms with E-state index in [-0.39, 0.29) is 5.91 Å². The van der Waals surface area contributed by atoms with Crippen LogP contribution < -0.4 is 10.2 Å². The van der Waals surface area contributed by atoms with Gasteiger partial charge in [-0.15, -0.1) is 11.8 Å². The van der Waals surface area contributed by atoms with Gasteiger partial charge in [0.1, 0.15) is 0 Å². The monoisotopic (exact) mass is 426 g/mol. The number of carbonyl (C=O) groups excluding carboxylic acids is 1. The highest BCUT2D eigenvalue weighted by atomic mass is 35.5. The van der Waals surface area contributed by atoms with E-state index in [1.807, 2.05) is 17.8 Å². The summed E-state index contributed by atoms with van der Waals surface area (Å²) in [6.07, 6.45) is 4.47. The van der Waals surface area contributed by atoms with Crippen molar-refractivity contribution < 1.29 is 4.79 Å². The van der Waals surface area contributed by atoms with Crippen LogP contribution in [0.5, 0.6) is 0 Å². The van der Waals surface area contributed by atoms with E-state index in [4.69, 9.17) is 11.6 Å². The molecule has 1 N–H and O–H groups in total. The van der Waals surface area contributed by atoms with Gasteiger partial charge in [0.05, 0.1) is 0 Å². The van der Waals surface area contributed by atoms with Crippen LogP contribution in [0.2, 0.25) is 5.02 Å². The molecule has 3 fully saturated rings. The molecule has 2 aromatic rings. The minimum atomic E-state index is 0.180. The number of hydrogen-bond acceptors (Lipinski definition) is 3. The molecular weight excluding hydrogens is 400 g/mol. The van der Waals surface area contributed by atoms with E-state index in [2.05, 4.69) is 48.3 Å². The Kier molecular flexibility index (Phi) is 4.83. The molecule has 0 saturated heterocycles. The maximum atomic E-state index is 12.6. The summed E-state index contributed by atoms with van der Waals surface area (Å²) in [5.74, 6) is 2.13. The van der Waals surface area contributed by atoms with Crippen molar-refractivity contribution in [1.29, 1.82) is 0 Å². The highest BCUT2D eigenvalue weighted by Crippen LogP contribution is 2.66. The van der Waals surface area contributed by atoms with Crippen LogP contribution in [0.1, 0.15) is 42.4 Å². The number of anilines is 2. The Morgan fingerprint density at radius 3 is 2.59 bits per heavy atom. The molecule has 3 saturated carbocycles. The second-order valence-corrected chi connectivity index (χ2v) is 10.8. The lowest BCUT2D eigenvalue weighted by Crippen LogP contribution is -2.53. The van der Waals surface area contributed by atoms with Crippen molar-refractivity contribution in [2.45, 2.75) is 51.0 Å². The minimum absolute atomic E-state index is 0.180. The van der Waals surface area contributed by atoms with Gasteiger partial charge in [-0.25, -0.2) is 0 Å². The molecular formula is C24H27ClN2OS. The third kappa shape index (κ3) is 3.66. The lowest BCUT2D eigenvalue weighted by molar-refractivity contribution is -0.139. The van der Waals surface area contributed by atoms with E-state index >= 15 is 0 Å². The molecule has 1 aliphatic heterocycles. The third-order valence-corrected chi connectivity index (χ3v) is 8.17. The smallest absolute Gasteiger partial charge is 0.224 e. The highest BCUT2D eigenvalue weighted by molar-refractivity contribution is 7.99. The fourth-order valence-corrected chi connectivity index (χ4v) is 6.58. The number of thioether (sulfide) groups is 1. The summed E-state index contributed by atoms with van der Waals surface area (Å²) >= 11 is 8.05. The fourth-order valence-electron chi connectivity index (χ4n) is 5.28. The van der Waals surface area contributed by atoms with E-state index in [0.717, 1.165) is 46.6 Å². The Balaban J connectivity index is 1.33. The van der Waals surface area contributed by atoms with Crippen LogP contribution in [-0.4, -0.2) is 18.2 Å². The summed E-state index contributed by atoms with van der Waals surface area (Å²) in [6, 6.07) is 10.6. The van der Waals surface area contributed by atoms with Crippen molar-refractivity contribution in [3.8, 4) is 0 Å². The quantitative estimate of drug-likeness (QED) is 0.631. The van der Waals surface area contributed by atoms with Crippen molar-refractivity contribution in [2.75, 3.05) is 22.5 Å². The van der Waals surface area contributed by atoms with Crippen molar-refractivity contribution in [3.05, 3.63) is 52.0 Å². The van der Waals surface area contributed by atoms with Crippen LogP contribution in [0, 0.1) is 25.2 Å². The van der Waals surface area contributed by atoms with Crippen LogP contribution in [-0.2, 0) is 11.3 Å². The van der Waals surface area contributed by atoms with Crippen LogP contribution >= 0.6 is 23.4 Å². The van der Waals surface area contributed by atoms with Crippen molar-refractivity contribution in [1.82, 2.24) is 0 Å². The van der Waals surface area contributed by atoms with Gasteiger partial charge in [-0.1, -0.05) is 17.7 Å². The maximum Gasteiger partial charge on any atom is 0.224 e. The molecule has 152 valence electrons. The molecule has 4 aliphatic rings. The van der Waals surface area contributed by atoms with Gasteiger partial charge in [0.2, 0.25) is 5.91 Å². The molecule has 6 rings (SSSR count). The number of rotatable bonds is 4. The van der Waals surface area contributed by atoms with Crippen molar-refractivity contribution >= 4 is 40.6 Å². The van der Waals surface area contributed by atoms with Crippen molar-refractivity contribution in [2.24, 2.45) is 11.3 Å². The zero-order valence-corrected chi connectivity index (χ0v) is 18.6. The van der Waals surface area contributed by atoms with Gasteiger partial charge in [0, 0.05) is 46.6 Å². The molecule has 5 heteroatoms. The number of fused-ring (bicyclic) bond motifs is 1. The Bertz CT molecular complexity index is 949. The van der Waals surface area contributed by atoms with Crippen LogP contribution in [0.25, 0.3) is 0 Å². The number of aryl methyl sites for hydroxylation is 2. The van der Waals surface area contributed by atoms with Crippen LogP contribution in [0.3, 0.4) is 0 Å². The zero-order chi connectivity index (χ0) is 20.2. The number of hydrogen-bond donors (Lipinski definition) is 1. The van der Waals surface area contributed by atoms with Gasteiger partial charge in [-0.05, 0) is 85.4 Å². The number of benzene rings is 2. The number of nitrogens with zero attached hydrogens (tertiary/aromatic N) is 1. The van der Waals surface area contributed by atoms with Gasteiger partial charge >= 0.3 is 0 Å². The van der Waals surface area contributed by atoms with E-state index in [1.165, 1.54) is 35.4 Å². The average Bonchev–Trinajstić information content (AvgIpc) is 2.82. The second kappa shape index (κ2) is 7.24. The third-order valence-electron chi connectivity index (χ3n) is 6.86. The first-order valence-corrected chi connectivity index (χ1v) is 11.8. The summed E-state index contributed by atoms with van der Waals surface area (Å²) in [5.41, 5.74) is 6.15. The predicted octanol–water partition coefficient (Wildman–Crippen LogP) is 6.20. The standard InChI is InChI=1S/C24H27ClN2OS/c1-15-7-20(27-5-6-29-21-9-19(25)4-3-18(21)14-27)8-16(2)23(15)26-22(28)13-24-10-17(11-24)12-24/h3-4,7-9,17H,5-6,10-14H2,1-2H3,(H,26,28). The minimum Gasteiger partial charge on any atom is -0.366 e. The van der Waals surface area contributed by atoms with Gasteiger partial charge in [0.15, 0.2) is 0 Å². The largest absolute Gasteiger partial charge is 0.366 e. The highest BCUT2D eigenvalue weighted by Gasteiger charge is 2.56. The van der Waals surface area contributed by atoms with E-state index < -0.39 is 0 Å². The SMILES string of the molecule is Cc1cc(N2CCSc3cc(Cl)ccc3C2)cc(C)c1NC(=O)CC12CC(C1)C2. The Hall–Kier alpha value is -1.65. The first-order valence-electron chi connectivity index (χ1n) is 10.5. The predicted molar refractivity (Wildman–Crippen MR) is 122 cm³/mol. The second-order valence-electron chi connectivity index (χ2n) is 9.18. The fraction of sp³-hybridized carbons (Fsp3) is 0.458. The first-order chi connectivity index (χ1) is 13.9. The summed E-state index contributed by atoms with van der Waals surface area (Å²) in [7, 11) is 0. The van der Waals surface area contributed by atoms with Gasteiger partial charge in [0.25, 0.3) is 0 Å². The molecule has 2 bridgehead atoms. The molecule has 0 radical (unpaired) electrons. The molecule has 3 aliphatic carbocycles. The maximum absolute atomic E-state index is 12.6. The van der Waals surface area contributed by atoms with Gasteiger partial charge in [-0.2, -0.15) is 0 Å². The lowest BCUT2D eigenvalue weighted by atomic mass is 9.43. The lowest BCUT2D eigenvalue weighted by Gasteiger charge is -2.61. The topological polar surface area (TPSA) is 32.3 Å². The van der Waals surface area contributed by atoms with E-state index in [0.29, 0.717) is 11.8 Å². The number of nitrogens with one attached hydrogen (secondary N) is 1. The number of carbonyl (C=O) groups is 1. The molecule has 3 nitrogen and oxygen atoms in total.